The number of hydrogen-bond acceptors (Lipinski definition) is 7. The van der Waals surface area contributed by atoms with E-state index < -0.39 is 9.84 Å². The van der Waals surface area contributed by atoms with Gasteiger partial charge in [0.05, 0.1) is 23.7 Å². The summed E-state index contributed by atoms with van der Waals surface area (Å²) >= 11 is 1.14. The molecule has 1 aliphatic rings. The number of benzene rings is 1. The first-order valence-corrected chi connectivity index (χ1v) is 10.3. The fourth-order valence-electron chi connectivity index (χ4n) is 2.44. The number of carbonyl (C=O) groups is 1. The van der Waals surface area contributed by atoms with Gasteiger partial charge < -0.3 is 9.73 Å². The zero-order chi connectivity index (χ0) is 17.0. The Bertz CT molecular complexity index is 805. The lowest BCUT2D eigenvalue weighted by molar-refractivity contribution is -0.119. The van der Waals surface area contributed by atoms with Crippen LogP contribution in [0.15, 0.2) is 40.0 Å². The Morgan fingerprint density at radius 3 is 2.79 bits per heavy atom. The highest BCUT2D eigenvalue weighted by Crippen LogP contribution is 2.18. The molecule has 0 saturated carbocycles. The van der Waals surface area contributed by atoms with Crippen LogP contribution in [-0.2, 0) is 21.1 Å². The topological polar surface area (TPSA) is 102 Å². The van der Waals surface area contributed by atoms with Gasteiger partial charge in [-0.3, -0.25) is 4.79 Å². The zero-order valence-corrected chi connectivity index (χ0v) is 14.5. The van der Waals surface area contributed by atoms with Gasteiger partial charge >= 0.3 is 0 Å². The number of nitrogens with one attached hydrogen (secondary N) is 1. The maximum absolute atomic E-state index is 11.9. The lowest BCUT2D eigenvalue weighted by Gasteiger charge is -2.09. The molecule has 1 N–H and O–H groups in total. The van der Waals surface area contributed by atoms with Crippen molar-refractivity contribution < 1.29 is 17.6 Å². The summed E-state index contributed by atoms with van der Waals surface area (Å²) in [5, 5.41) is 10.9. The summed E-state index contributed by atoms with van der Waals surface area (Å²) in [5.74, 6) is 0.530. The van der Waals surface area contributed by atoms with Crippen molar-refractivity contribution in [2.45, 2.75) is 24.1 Å². The van der Waals surface area contributed by atoms with Crippen LogP contribution in [0.4, 0.5) is 0 Å². The molecule has 128 valence electrons. The lowest BCUT2D eigenvalue weighted by atomic mass is 10.2. The molecule has 9 heteroatoms. The number of nitrogens with zero attached hydrogens (tertiary/aromatic N) is 2. The molecule has 1 amide bonds. The van der Waals surface area contributed by atoms with Crippen molar-refractivity contribution in [3.05, 3.63) is 41.8 Å². The molecule has 1 fully saturated rings. The third-order valence-electron chi connectivity index (χ3n) is 3.57. The highest BCUT2D eigenvalue weighted by Gasteiger charge is 2.28. The van der Waals surface area contributed by atoms with Gasteiger partial charge in [0, 0.05) is 6.04 Å². The predicted molar refractivity (Wildman–Crippen MR) is 89.5 cm³/mol. The Hall–Kier alpha value is -1.87. The van der Waals surface area contributed by atoms with Crippen LogP contribution >= 0.6 is 11.8 Å². The molecule has 1 aromatic heterocycles. The van der Waals surface area contributed by atoms with Gasteiger partial charge in [-0.25, -0.2) is 8.42 Å². The minimum absolute atomic E-state index is 0.0190. The van der Waals surface area contributed by atoms with Gasteiger partial charge in [0.2, 0.25) is 11.8 Å². The van der Waals surface area contributed by atoms with E-state index in [1.54, 1.807) is 0 Å². The number of carbonyl (C=O) groups excluding carboxylic acids is 1. The number of aromatic nitrogens is 2. The number of hydrogen-bond donors (Lipinski definition) is 1. The van der Waals surface area contributed by atoms with Crippen molar-refractivity contribution >= 4 is 27.5 Å². The van der Waals surface area contributed by atoms with Gasteiger partial charge in [-0.2, -0.15) is 0 Å². The maximum atomic E-state index is 11.9. The first kappa shape index (κ1) is 17.0. The van der Waals surface area contributed by atoms with E-state index in [1.807, 2.05) is 30.3 Å². The molecule has 24 heavy (non-hydrogen) atoms. The van der Waals surface area contributed by atoms with E-state index in [9.17, 15) is 13.2 Å². The third-order valence-corrected chi connectivity index (χ3v) is 6.16. The monoisotopic (exact) mass is 367 g/mol. The lowest BCUT2D eigenvalue weighted by Crippen LogP contribution is -2.36. The zero-order valence-electron chi connectivity index (χ0n) is 12.8. The molecule has 0 radical (unpaired) electrons. The summed E-state index contributed by atoms with van der Waals surface area (Å²) in [6.07, 6.45) is 1.01. The van der Waals surface area contributed by atoms with Gasteiger partial charge in [0.15, 0.2) is 9.84 Å². The first-order chi connectivity index (χ1) is 11.5. The van der Waals surface area contributed by atoms with Crippen LogP contribution in [0.25, 0.3) is 0 Å². The summed E-state index contributed by atoms with van der Waals surface area (Å²) in [6, 6.07) is 9.47. The van der Waals surface area contributed by atoms with Crippen LogP contribution in [0.2, 0.25) is 0 Å². The number of rotatable bonds is 6. The van der Waals surface area contributed by atoms with E-state index in [4.69, 9.17) is 4.42 Å². The van der Waals surface area contributed by atoms with Crippen molar-refractivity contribution in [3.8, 4) is 0 Å². The molecule has 1 aliphatic heterocycles. The van der Waals surface area contributed by atoms with Crippen LogP contribution < -0.4 is 5.32 Å². The summed E-state index contributed by atoms with van der Waals surface area (Å²) in [4.78, 5) is 11.9. The minimum Gasteiger partial charge on any atom is -0.416 e. The predicted octanol–water partition coefficient (Wildman–Crippen LogP) is 1.06. The van der Waals surface area contributed by atoms with Crippen LogP contribution in [-0.4, -0.2) is 47.8 Å². The van der Waals surface area contributed by atoms with Crippen LogP contribution in [0, 0.1) is 0 Å². The van der Waals surface area contributed by atoms with Crippen LogP contribution in [0.5, 0.6) is 0 Å². The molecule has 0 aliphatic carbocycles. The summed E-state index contributed by atoms with van der Waals surface area (Å²) in [7, 11) is -3.00. The smallest absolute Gasteiger partial charge is 0.277 e. The third kappa shape index (κ3) is 4.81. The second-order valence-electron chi connectivity index (χ2n) is 5.58. The van der Waals surface area contributed by atoms with Crippen molar-refractivity contribution in [2.24, 2.45) is 0 Å². The van der Waals surface area contributed by atoms with Gasteiger partial charge in [-0.05, 0) is 12.0 Å². The highest BCUT2D eigenvalue weighted by molar-refractivity contribution is 7.99. The maximum Gasteiger partial charge on any atom is 0.277 e. The van der Waals surface area contributed by atoms with Gasteiger partial charge in [0.1, 0.15) is 0 Å². The van der Waals surface area contributed by atoms with E-state index in [2.05, 4.69) is 15.5 Å². The number of thioether (sulfide) groups is 1. The van der Waals surface area contributed by atoms with Crippen LogP contribution in [0.1, 0.15) is 17.9 Å². The van der Waals surface area contributed by atoms with Crippen molar-refractivity contribution in [1.29, 1.82) is 0 Å². The molecule has 1 saturated heterocycles. The summed E-state index contributed by atoms with van der Waals surface area (Å²) in [6.45, 7) is 0. The number of sulfone groups is 1. The van der Waals surface area contributed by atoms with E-state index in [1.165, 1.54) is 0 Å². The quantitative estimate of drug-likeness (QED) is 0.762. The Balaban J connectivity index is 1.46. The van der Waals surface area contributed by atoms with E-state index in [-0.39, 0.29) is 29.2 Å². The molecule has 1 aromatic carbocycles. The largest absolute Gasteiger partial charge is 0.416 e. The van der Waals surface area contributed by atoms with E-state index in [0.717, 1.165) is 17.3 Å². The standard InChI is InChI=1S/C15H17N3O4S2/c19-13(16-12-6-7-24(20,21)10-12)9-23-15-18-17-14(22-15)8-11-4-2-1-3-5-11/h1-5,12H,6-10H2,(H,16,19)/t12-/m1/s1. The molecule has 2 heterocycles. The fourth-order valence-corrected chi connectivity index (χ4v) is 4.71. The van der Waals surface area contributed by atoms with E-state index in [0.29, 0.717) is 24.0 Å². The fraction of sp³-hybridized carbons (Fsp3) is 0.400. The average molecular weight is 367 g/mol. The van der Waals surface area contributed by atoms with Crippen molar-refractivity contribution in [2.75, 3.05) is 17.3 Å². The Morgan fingerprint density at radius 2 is 2.08 bits per heavy atom. The first-order valence-electron chi connectivity index (χ1n) is 7.49. The molecule has 0 spiro atoms. The molecule has 1 atom stereocenters. The van der Waals surface area contributed by atoms with Crippen LogP contribution in [0.3, 0.4) is 0 Å². The summed E-state index contributed by atoms with van der Waals surface area (Å²) in [5.41, 5.74) is 1.07. The molecule has 0 bridgehead atoms. The molecular weight excluding hydrogens is 350 g/mol. The molecule has 7 nitrogen and oxygen atoms in total. The minimum atomic E-state index is -3.00. The van der Waals surface area contributed by atoms with Gasteiger partial charge in [-0.1, -0.05) is 42.1 Å². The second-order valence-corrected chi connectivity index (χ2v) is 8.74. The molecular formula is C15H17N3O4S2. The number of amides is 1. The highest BCUT2D eigenvalue weighted by atomic mass is 32.2. The van der Waals surface area contributed by atoms with Crippen molar-refractivity contribution in [1.82, 2.24) is 15.5 Å². The van der Waals surface area contributed by atoms with Gasteiger partial charge in [-0.15, -0.1) is 10.2 Å². The van der Waals surface area contributed by atoms with Crippen molar-refractivity contribution in [3.63, 3.8) is 0 Å². The molecule has 2 aromatic rings. The summed E-state index contributed by atoms with van der Waals surface area (Å²) < 4.78 is 28.2. The Labute approximate surface area is 144 Å². The molecule has 3 rings (SSSR count). The Kier molecular flexibility index (Phi) is 5.20. The Morgan fingerprint density at radius 1 is 1.29 bits per heavy atom. The molecule has 0 unspecified atom stereocenters. The van der Waals surface area contributed by atoms with E-state index >= 15 is 0 Å². The van der Waals surface area contributed by atoms with Gasteiger partial charge in [0.25, 0.3) is 5.22 Å². The second kappa shape index (κ2) is 7.35. The normalized spacial score (nSPS) is 19.2. The average Bonchev–Trinajstić information content (AvgIpc) is 3.12. The SMILES string of the molecule is O=C(CSc1nnc(Cc2ccccc2)o1)N[C@@H]1CCS(=O)(=O)C1.